The lowest BCUT2D eigenvalue weighted by Gasteiger charge is -2.19. The minimum Gasteiger partial charge on any atom is -0.327 e. The van der Waals surface area contributed by atoms with Crippen LogP contribution in [0.4, 0.5) is 0 Å². The summed E-state index contributed by atoms with van der Waals surface area (Å²) in [5.74, 6) is 3.22. The highest BCUT2D eigenvalue weighted by Crippen LogP contribution is 2.34. The Labute approximate surface area is 122 Å². The Balaban J connectivity index is 2.14. The number of rotatable bonds is 4. The van der Waals surface area contributed by atoms with Crippen LogP contribution in [0.1, 0.15) is 23.2 Å². The molecule has 1 fully saturated rings. The Bertz CT molecular complexity index is 473. The Morgan fingerprint density at radius 3 is 2.76 bits per heavy atom. The van der Waals surface area contributed by atoms with E-state index in [1.807, 2.05) is 6.07 Å². The molecule has 0 atom stereocenters. The van der Waals surface area contributed by atoms with Crippen LogP contribution in [0.2, 0.25) is 0 Å². The van der Waals surface area contributed by atoms with Crippen molar-refractivity contribution in [2.24, 2.45) is 5.92 Å². The first-order valence-electron chi connectivity index (χ1n) is 5.29. The van der Waals surface area contributed by atoms with Crippen LogP contribution in [-0.2, 0) is 0 Å². The maximum absolute atomic E-state index is 12.3. The molecule has 90 valence electrons. The van der Waals surface area contributed by atoms with Gasteiger partial charge < -0.3 is 4.90 Å². The van der Waals surface area contributed by atoms with Gasteiger partial charge in [0.1, 0.15) is 0 Å². The molecule has 0 aliphatic heterocycles. The van der Waals surface area contributed by atoms with Gasteiger partial charge in [-0.2, -0.15) is 0 Å². The monoisotopic (exact) mass is 375 g/mol. The first-order valence-corrected chi connectivity index (χ1v) is 7.69. The molecule has 1 aromatic heterocycles. The summed E-state index contributed by atoms with van der Waals surface area (Å²) in [4.78, 5) is 14.1. The van der Waals surface area contributed by atoms with Crippen LogP contribution >= 0.6 is 43.2 Å². The summed E-state index contributed by atoms with van der Waals surface area (Å²) in [5.41, 5.74) is 0.692. The van der Waals surface area contributed by atoms with E-state index in [-0.39, 0.29) is 5.91 Å². The summed E-state index contributed by atoms with van der Waals surface area (Å²) in [6.45, 7) is 1.16. The van der Waals surface area contributed by atoms with Crippen molar-refractivity contribution in [1.82, 2.24) is 4.90 Å². The van der Waals surface area contributed by atoms with Crippen LogP contribution in [0.5, 0.6) is 0 Å². The molecule has 0 unspecified atom stereocenters. The van der Waals surface area contributed by atoms with E-state index in [1.165, 1.54) is 24.2 Å². The van der Waals surface area contributed by atoms with Gasteiger partial charge in [-0.3, -0.25) is 4.79 Å². The van der Waals surface area contributed by atoms with Crippen LogP contribution in [0.25, 0.3) is 0 Å². The van der Waals surface area contributed by atoms with E-state index in [9.17, 15) is 4.79 Å². The second-order valence-electron chi connectivity index (χ2n) is 4.07. The van der Waals surface area contributed by atoms with Crippen molar-refractivity contribution >= 4 is 49.1 Å². The number of carbonyl (C=O) groups excluding carboxylic acids is 1. The Kier molecular flexibility index (Phi) is 4.29. The average molecular weight is 377 g/mol. The van der Waals surface area contributed by atoms with E-state index >= 15 is 0 Å². The fourth-order valence-electron chi connectivity index (χ4n) is 1.60. The first kappa shape index (κ1) is 13.1. The highest BCUT2D eigenvalue weighted by molar-refractivity contribution is 9.12. The van der Waals surface area contributed by atoms with E-state index < -0.39 is 0 Å². The van der Waals surface area contributed by atoms with E-state index in [0.29, 0.717) is 18.0 Å². The van der Waals surface area contributed by atoms with Crippen LogP contribution in [0.15, 0.2) is 13.6 Å². The molecule has 0 spiro atoms. The van der Waals surface area contributed by atoms with Crippen LogP contribution in [0, 0.1) is 18.3 Å². The van der Waals surface area contributed by atoms with Crippen molar-refractivity contribution in [3.8, 4) is 12.3 Å². The van der Waals surface area contributed by atoms with Gasteiger partial charge in [0, 0.05) is 6.54 Å². The molecule has 0 aromatic carbocycles. The lowest BCUT2D eigenvalue weighted by molar-refractivity contribution is 0.0769. The summed E-state index contributed by atoms with van der Waals surface area (Å²) >= 11 is 8.29. The zero-order valence-corrected chi connectivity index (χ0v) is 13.1. The third-order valence-electron chi connectivity index (χ3n) is 2.63. The first-order chi connectivity index (χ1) is 8.11. The maximum atomic E-state index is 12.3. The normalized spacial score (nSPS) is 14.4. The van der Waals surface area contributed by atoms with Gasteiger partial charge in [-0.1, -0.05) is 5.92 Å². The summed E-state index contributed by atoms with van der Waals surface area (Å²) in [6, 6.07) is 1.84. The molecule has 1 aliphatic rings. The zero-order chi connectivity index (χ0) is 12.4. The summed E-state index contributed by atoms with van der Waals surface area (Å²) in [7, 11) is 0. The number of terminal acetylenes is 1. The van der Waals surface area contributed by atoms with Gasteiger partial charge in [0.15, 0.2) is 0 Å². The lowest BCUT2D eigenvalue weighted by atomic mass is 10.2. The highest BCUT2D eigenvalue weighted by atomic mass is 79.9. The third kappa shape index (κ3) is 3.34. The molecule has 2 nitrogen and oxygen atoms in total. The van der Waals surface area contributed by atoms with E-state index in [0.717, 1.165) is 14.1 Å². The van der Waals surface area contributed by atoms with Gasteiger partial charge >= 0.3 is 0 Å². The molecule has 1 saturated carbocycles. The molecular formula is C12H11Br2NOS. The minimum atomic E-state index is 0.0173. The van der Waals surface area contributed by atoms with Crippen molar-refractivity contribution in [2.75, 3.05) is 13.1 Å². The van der Waals surface area contributed by atoms with Gasteiger partial charge in [0.25, 0.3) is 5.91 Å². The molecule has 0 bridgehead atoms. The molecule has 1 amide bonds. The minimum absolute atomic E-state index is 0.0173. The fourth-order valence-corrected chi connectivity index (χ4v) is 4.38. The summed E-state index contributed by atoms with van der Waals surface area (Å²) in [5, 5.41) is 0. The smallest absolute Gasteiger partial charge is 0.256 e. The summed E-state index contributed by atoms with van der Waals surface area (Å²) < 4.78 is 1.80. The second-order valence-corrected chi connectivity index (χ2v) is 7.82. The predicted molar refractivity (Wildman–Crippen MR) is 77.2 cm³/mol. The highest BCUT2D eigenvalue weighted by Gasteiger charge is 2.28. The van der Waals surface area contributed by atoms with E-state index in [4.69, 9.17) is 6.42 Å². The zero-order valence-electron chi connectivity index (χ0n) is 9.08. The van der Waals surface area contributed by atoms with Crippen molar-refractivity contribution < 1.29 is 4.79 Å². The topological polar surface area (TPSA) is 20.3 Å². The van der Waals surface area contributed by atoms with Gasteiger partial charge in [0.05, 0.1) is 19.7 Å². The Hall–Kier alpha value is -0.310. The van der Waals surface area contributed by atoms with Crippen LogP contribution < -0.4 is 0 Å². The third-order valence-corrected chi connectivity index (χ3v) is 4.97. The van der Waals surface area contributed by atoms with Crippen molar-refractivity contribution in [3.63, 3.8) is 0 Å². The number of halogens is 2. The maximum Gasteiger partial charge on any atom is 0.256 e. The quantitative estimate of drug-likeness (QED) is 0.732. The molecule has 1 heterocycles. The van der Waals surface area contributed by atoms with Crippen LogP contribution in [0.3, 0.4) is 0 Å². The van der Waals surface area contributed by atoms with Crippen molar-refractivity contribution in [2.45, 2.75) is 12.8 Å². The Morgan fingerprint density at radius 2 is 2.29 bits per heavy atom. The number of hydrogen-bond acceptors (Lipinski definition) is 2. The molecule has 5 heteroatoms. The molecule has 1 aliphatic carbocycles. The van der Waals surface area contributed by atoms with Crippen LogP contribution in [-0.4, -0.2) is 23.9 Å². The number of amides is 1. The molecule has 17 heavy (non-hydrogen) atoms. The molecular weight excluding hydrogens is 366 g/mol. The lowest BCUT2D eigenvalue weighted by Crippen LogP contribution is -2.33. The van der Waals surface area contributed by atoms with Gasteiger partial charge in [0.2, 0.25) is 0 Å². The standard InChI is InChI=1S/C12H11Br2NOS/c1-2-5-15(7-8-3-4-8)12(16)9-6-10(13)17-11(9)14/h1,6,8H,3-5,7H2. The summed E-state index contributed by atoms with van der Waals surface area (Å²) in [6.07, 6.45) is 7.74. The number of hydrogen-bond donors (Lipinski definition) is 0. The molecule has 0 radical (unpaired) electrons. The van der Waals surface area contributed by atoms with Crippen molar-refractivity contribution in [1.29, 1.82) is 0 Å². The van der Waals surface area contributed by atoms with E-state index in [1.54, 1.807) is 4.90 Å². The average Bonchev–Trinajstić information content (AvgIpc) is 3.02. The molecule has 0 saturated heterocycles. The number of thiophene rings is 1. The molecule has 1 aromatic rings. The molecule has 2 rings (SSSR count). The number of carbonyl (C=O) groups is 1. The van der Waals surface area contributed by atoms with Gasteiger partial charge in [-0.15, -0.1) is 17.8 Å². The van der Waals surface area contributed by atoms with Gasteiger partial charge in [-0.05, 0) is 56.7 Å². The Morgan fingerprint density at radius 1 is 1.59 bits per heavy atom. The second kappa shape index (κ2) is 5.55. The van der Waals surface area contributed by atoms with E-state index in [2.05, 4.69) is 37.8 Å². The van der Waals surface area contributed by atoms with Crippen molar-refractivity contribution in [3.05, 3.63) is 19.2 Å². The SMILES string of the molecule is C#CCN(CC1CC1)C(=O)c1cc(Br)sc1Br. The largest absolute Gasteiger partial charge is 0.327 e. The predicted octanol–water partition coefficient (Wildman–Crippen LogP) is 3.76. The fraction of sp³-hybridized carbons (Fsp3) is 0.417. The van der Waals surface area contributed by atoms with Gasteiger partial charge in [-0.25, -0.2) is 0 Å². The number of nitrogens with zero attached hydrogens (tertiary/aromatic N) is 1. The molecule has 0 N–H and O–H groups in total.